The van der Waals surface area contributed by atoms with Crippen molar-refractivity contribution in [3.8, 4) is 5.75 Å². The van der Waals surface area contributed by atoms with Gasteiger partial charge in [-0.3, -0.25) is 4.79 Å². The number of aliphatic carboxylic acids is 1. The molecule has 0 amide bonds. The Kier molecular flexibility index (Phi) is 3.61. The van der Waals surface area contributed by atoms with Crippen LogP contribution in [0.25, 0.3) is 0 Å². The Balaban J connectivity index is 2.63. The lowest BCUT2D eigenvalue weighted by Gasteiger charge is -2.34. The summed E-state index contributed by atoms with van der Waals surface area (Å²) in [6.07, 6.45) is 3.15. The van der Waals surface area contributed by atoms with E-state index in [1.165, 1.54) is 12.1 Å². The summed E-state index contributed by atoms with van der Waals surface area (Å²) < 4.78 is 14.4. The first-order chi connectivity index (χ1) is 8.49. The minimum Gasteiger partial charge on any atom is -0.508 e. The van der Waals surface area contributed by atoms with Crippen LogP contribution in [0.2, 0.25) is 0 Å². The van der Waals surface area contributed by atoms with Gasteiger partial charge >= 0.3 is 5.97 Å². The Hall–Kier alpha value is -1.10. The summed E-state index contributed by atoms with van der Waals surface area (Å²) in [4.78, 5) is 11.6. The van der Waals surface area contributed by atoms with Crippen molar-refractivity contribution >= 4 is 21.9 Å². The number of phenols is 1. The van der Waals surface area contributed by atoms with Crippen LogP contribution in [-0.2, 0) is 10.2 Å². The lowest BCUT2D eigenvalue weighted by atomic mass is 9.69. The number of phenolic OH excluding ortho intramolecular Hbond substituents is 1. The lowest BCUT2D eigenvalue weighted by Crippen LogP contribution is -2.38. The Morgan fingerprint density at radius 3 is 2.44 bits per heavy atom. The zero-order valence-corrected chi connectivity index (χ0v) is 11.3. The van der Waals surface area contributed by atoms with Crippen LogP contribution in [0.3, 0.4) is 0 Å². The predicted molar refractivity (Wildman–Crippen MR) is 68.2 cm³/mol. The molecule has 0 saturated heterocycles. The van der Waals surface area contributed by atoms with Crippen LogP contribution in [0.15, 0.2) is 16.6 Å². The molecule has 5 heteroatoms. The van der Waals surface area contributed by atoms with E-state index in [9.17, 15) is 19.4 Å². The van der Waals surface area contributed by atoms with Gasteiger partial charge in [0.1, 0.15) is 11.6 Å². The average molecular weight is 317 g/mol. The van der Waals surface area contributed by atoms with Crippen molar-refractivity contribution in [1.29, 1.82) is 0 Å². The highest BCUT2D eigenvalue weighted by atomic mass is 79.9. The molecule has 18 heavy (non-hydrogen) atoms. The second kappa shape index (κ2) is 4.88. The van der Waals surface area contributed by atoms with Crippen LogP contribution in [-0.4, -0.2) is 16.2 Å². The van der Waals surface area contributed by atoms with Crippen LogP contribution in [0.5, 0.6) is 5.75 Å². The fourth-order valence-corrected chi connectivity index (χ4v) is 3.05. The van der Waals surface area contributed by atoms with Gasteiger partial charge in [-0.15, -0.1) is 0 Å². The van der Waals surface area contributed by atoms with Crippen molar-refractivity contribution in [1.82, 2.24) is 0 Å². The summed E-state index contributed by atoms with van der Waals surface area (Å²) >= 11 is 3.04. The molecule has 0 aromatic heterocycles. The van der Waals surface area contributed by atoms with Gasteiger partial charge in [-0.25, -0.2) is 4.39 Å². The third-order valence-corrected chi connectivity index (χ3v) is 4.28. The molecule has 2 N–H and O–H groups in total. The first kappa shape index (κ1) is 13.3. The highest BCUT2D eigenvalue weighted by Crippen LogP contribution is 2.45. The largest absolute Gasteiger partial charge is 0.508 e. The number of rotatable bonds is 2. The van der Waals surface area contributed by atoms with E-state index < -0.39 is 17.2 Å². The molecule has 98 valence electrons. The Morgan fingerprint density at radius 2 is 1.89 bits per heavy atom. The van der Waals surface area contributed by atoms with Gasteiger partial charge < -0.3 is 10.2 Å². The number of carbonyl (C=O) groups is 1. The van der Waals surface area contributed by atoms with Crippen molar-refractivity contribution in [3.63, 3.8) is 0 Å². The highest BCUT2D eigenvalue weighted by Gasteiger charge is 2.45. The molecule has 0 unspecified atom stereocenters. The summed E-state index contributed by atoms with van der Waals surface area (Å²) in [5.74, 6) is -2.01. The van der Waals surface area contributed by atoms with Crippen LogP contribution in [0.4, 0.5) is 4.39 Å². The van der Waals surface area contributed by atoms with Gasteiger partial charge in [0, 0.05) is 5.56 Å². The number of benzene rings is 1. The summed E-state index contributed by atoms with van der Waals surface area (Å²) in [6, 6.07) is 2.72. The second-order valence-corrected chi connectivity index (χ2v) is 5.56. The SMILES string of the molecule is O=C(O)C1(c2c(O)ccc(Br)c2F)CCCCC1. The smallest absolute Gasteiger partial charge is 0.314 e. The molecule has 0 atom stereocenters. The van der Waals surface area contributed by atoms with E-state index in [1.807, 2.05) is 0 Å². The number of halogens is 2. The molecule has 3 nitrogen and oxygen atoms in total. The molecule has 0 radical (unpaired) electrons. The molecular weight excluding hydrogens is 303 g/mol. The predicted octanol–water partition coefficient (Wildman–Crippen LogP) is 3.58. The minimum atomic E-state index is -1.30. The van der Waals surface area contributed by atoms with Crippen LogP contribution < -0.4 is 0 Å². The molecule has 1 aromatic rings. The molecule has 2 rings (SSSR count). The fourth-order valence-electron chi connectivity index (χ4n) is 2.72. The number of hydrogen-bond donors (Lipinski definition) is 2. The maximum absolute atomic E-state index is 14.2. The van der Waals surface area contributed by atoms with E-state index in [2.05, 4.69) is 15.9 Å². The molecule has 0 aliphatic heterocycles. The summed E-state index contributed by atoms with van der Waals surface area (Å²) in [5, 5.41) is 19.3. The van der Waals surface area contributed by atoms with Crippen molar-refractivity contribution < 1.29 is 19.4 Å². The van der Waals surface area contributed by atoms with E-state index in [0.29, 0.717) is 12.8 Å². The molecule has 1 fully saturated rings. The molecule has 1 aliphatic carbocycles. The van der Waals surface area contributed by atoms with Gasteiger partial charge in [-0.1, -0.05) is 19.3 Å². The van der Waals surface area contributed by atoms with E-state index in [0.717, 1.165) is 19.3 Å². The molecule has 0 heterocycles. The maximum Gasteiger partial charge on any atom is 0.314 e. The first-order valence-corrected chi connectivity index (χ1v) is 6.69. The second-order valence-electron chi connectivity index (χ2n) is 4.70. The Morgan fingerprint density at radius 1 is 1.28 bits per heavy atom. The third kappa shape index (κ3) is 2.00. The van der Waals surface area contributed by atoms with Crippen LogP contribution in [0.1, 0.15) is 37.7 Å². The topological polar surface area (TPSA) is 57.5 Å². The van der Waals surface area contributed by atoms with Crippen LogP contribution in [0, 0.1) is 5.82 Å². The van der Waals surface area contributed by atoms with Gasteiger partial charge in [-0.2, -0.15) is 0 Å². The van der Waals surface area contributed by atoms with Gasteiger partial charge in [0.2, 0.25) is 0 Å². The number of hydrogen-bond acceptors (Lipinski definition) is 2. The molecular formula is C13H14BrFO3. The van der Waals surface area contributed by atoms with E-state index >= 15 is 0 Å². The van der Waals surface area contributed by atoms with Crippen molar-refractivity contribution in [2.75, 3.05) is 0 Å². The van der Waals surface area contributed by atoms with E-state index in [1.54, 1.807) is 0 Å². The highest BCUT2D eigenvalue weighted by molar-refractivity contribution is 9.10. The molecule has 1 aromatic carbocycles. The molecule has 0 bridgehead atoms. The Bertz CT molecular complexity index is 481. The fraction of sp³-hybridized carbons (Fsp3) is 0.462. The first-order valence-electron chi connectivity index (χ1n) is 5.90. The van der Waals surface area contributed by atoms with Gasteiger partial charge in [0.15, 0.2) is 0 Å². The van der Waals surface area contributed by atoms with Gasteiger partial charge in [0.05, 0.1) is 9.89 Å². The normalized spacial score (nSPS) is 18.6. The average Bonchev–Trinajstić information content (AvgIpc) is 2.35. The number of carboxylic acid groups (broad SMARTS) is 1. The maximum atomic E-state index is 14.2. The molecule has 0 spiro atoms. The Labute approximate surface area is 113 Å². The van der Waals surface area contributed by atoms with E-state index in [4.69, 9.17) is 0 Å². The summed E-state index contributed by atoms with van der Waals surface area (Å²) in [6.45, 7) is 0. The quantitative estimate of drug-likeness (QED) is 0.876. The van der Waals surface area contributed by atoms with Gasteiger partial charge in [0.25, 0.3) is 0 Å². The zero-order chi connectivity index (χ0) is 13.3. The van der Waals surface area contributed by atoms with Crippen LogP contribution >= 0.6 is 15.9 Å². The monoisotopic (exact) mass is 316 g/mol. The lowest BCUT2D eigenvalue weighted by molar-refractivity contribution is -0.145. The third-order valence-electron chi connectivity index (χ3n) is 3.67. The van der Waals surface area contributed by atoms with Gasteiger partial charge in [-0.05, 0) is 40.9 Å². The van der Waals surface area contributed by atoms with Crippen molar-refractivity contribution in [3.05, 3.63) is 28.0 Å². The minimum absolute atomic E-state index is 0.0796. The van der Waals surface area contributed by atoms with Crippen molar-refractivity contribution in [2.45, 2.75) is 37.5 Å². The summed E-state index contributed by atoms with van der Waals surface area (Å²) in [7, 11) is 0. The number of carboxylic acids is 1. The molecule has 1 aliphatic rings. The van der Waals surface area contributed by atoms with E-state index in [-0.39, 0.29) is 15.8 Å². The zero-order valence-electron chi connectivity index (χ0n) is 9.75. The van der Waals surface area contributed by atoms with Crippen molar-refractivity contribution in [2.24, 2.45) is 0 Å². The standard InChI is InChI=1S/C13H14BrFO3/c14-8-4-5-9(16)10(11(8)15)13(12(17)18)6-2-1-3-7-13/h4-5,16H,1-3,6-7H2,(H,17,18). The summed E-state index contributed by atoms with van der Waals surface area (Å²) in [5.41, 5.74) is -1.37. The molecule has 1 saturated carbocycles. The number of aromatic hydroxyl groups is 1.